The first-order valence-corrected chi connectivity index (χ1v) is 11.0. The molecule has 1 aromatic carbocycles. The number of carbonyl (C=O) groups excluding carboxylic acids is 2. The highest BCUT2D eigenvalue weighted by Gasteiger charge is 2.21. The van der Waals surface area contributed by atoms with Gasteiger partial charge in [-0.25, -0.2) is 4.39 Å². The Hall–Kier alpha value is -1.97. The number of nitrogens with zero attached hydrogens (tertiary/aromatic N) is 2. The highest BCUT2D eigenvalue weighted by Crippen LogP contribution is 2.28. The number of rotatable bonds is 6. The standard InChI is InChI=1S/C20H24BrFN4O2S/c1-13(24-19(27)12-23-20(28)17-5-6-18(21)29-17)15-11-14(22)3-4-16(15)26-9-7-25(2)8-10-26/h3-6,11,13H,7-10,12H2,1-2H3,(H,23,28)(H,24,27). The molecular weight excluding hydrogens is 459 g/mol. The predicted molar refractivity (Wildman–Crippen MR) is 117 cm³/mol. The third-order valence-electron chi connectivity index (χ3n) is 4.88. The summed E-state index contributed by atoms with van der Waals surface area (Å²) in [6.07, 6.45) is 0. The van der Waals surface area contributed by atoms with Crippen LogP contribution in [0.15, 0.2) is 34.1 Å². The molecular formula is C20H24BrFN4O2S. The van der Waals surface area contributed by atoms with E-state index in [1.54, 1.807) is 18.2 Å². The van der Waals surface area contributed by atoms with Gasteiger partial charge in [-0.15, -0.1) is 11.3 Å². The summed E-state index contributed by atoms with van der Waals surface area (Å²) in [5.74, 6) is -0.960. The quantitative estimate of drug-likeness (QED) is 0.664. The van der Waals surface area contributed by atoms with E-state index in [4.69, 9.17) is 0 Å². The fraction of sp³-hybridized carbons (Fsp3) is 0.400. The maximum atomic E-state index is 13.9. The molecule has 0 bridgehead atoms. The number of benzene rings is 1. The molecule has 0 radical (unpaired) electrons. The third-order valence-corrected chi connectivity index (χ3v) is 6.51. The van der Waals surface area contributed by atoms with Gasteiger partial charge in [-0.2, -0.15) is 0 Å². The van der Waals surface area contributed by atoms with Crippen molar-refractivity contribution in [2.45, 2.75) is 13.0 Å². The van der Waals surface area contributed by atoms with E-state index in [-0.39, 0.29) is 30.2 Å². The van der Waals surface area contributed by atoms with E-state index in [1.807, 2.05) is 6.92 Å². The van der Waals surface area contributed by atoms with Crippen molar-refractivity contribution in [3.8, 4) is 0 Å². The second-order valence-electron chi connectivity index (χ2n) is 7.07. The summed E-state index contributed by atoms with van der Waals surface area (Å²) in [4.78, 5) is 29.4. The van der Waals surface area contributed by atoms with E-state index in [0.29, 0.717) is 4.88 Å². The minimum Gasteiger partial charge on any atom is -0.369 e. The van der Waals surface area contributed by atoms with Gasteiger partial charge in [0.05, 0.1) is 21.3 Å². The Labute approximate surface area is 182 Å². The van der Waals surface area contributed by atoms with Crippen molar-refractivity contribution in [3.63, 3.8) is 0 Å². The summed E-state index contributed by atoms with van der Waals surface area (Å²) >= 11 is 4.61. The van der Waals surface area contributed by atoms with E-state index in [2.05, 4.69) is 43.4 Å². The Morgan fingerprint density at radius 3 is 2.59 bits per heavy atom. The van der Waals surface area contributed by atoms with Crippen LogP contribution in [0.4, 0.5) is 10.1 Å². The lowest BCUT2D eigenvalue weighted by molar-refractivity contribution is -0.120. The predicted octanol–water partition coefficient (Wildman–Crippen LogP) is 3.01. The van der Waals surface area contributed by atoms with E-state index in [0.717, 1.165) is 41.2 Å². The molecule has 0 aliphatic carbocycles. The summed E-state index contributed by atoms with van der Waals surface area (Å²) < 4.78 is 14.8. The van der Waals surface area contributed by atoms with E-state index in [9.17, 15) is 14.0 Å². The van der Waals surface area contributed by atoms with Crippen LogP contribution >= 0.6 is 27.3 Å². The van der Waals surface area contributed by atoms with Crippen molar-refractivity contribution in [3.05, 3.63) is 50.4 Å². The maximum Gasteiger partial charge on any atom is 0.261 e. The van der Waals surface area contributed by atoms with Gasteiger partial charge in [-0.05, 0) is 60.2 Å². The average Bonchev–Trinajstić information content (AvgIpc) is 3.13. The number of thiophene rings is 1. The van der Waals surface area contributed by atoms with E-state index in [1.165, 1.54) is 23.5 Å². The highest BCUT2D eigenvalue weighted by atomic mass is 79.9. The molecule has 6 nitrogen and oxygen atoms in total. The van der Waals surface area contributed by atoms with E-state index < -0.39 is 0 Å². The Bertz CT molecular complexity index is 883. The van der Waals surface area contributed by atoms with Gasteiger partial charge in [0.1, 0.15) is 5.82 Å². The van der Waals surface area contributed by atoms with Gasteiger partial charge < -0.3 is 20.4 Å². The topological polar surface area (TPSA) is 64.7 Å². The van der Waals surface area contributed by atoms with Crippen LogP contribution in [0.1, 0.15) is 28.2 Å². The molecule has 0 spiro atoms. The van der Waals surface area contributed by atoms with Gasteiger partial charge in [-0.1, -0.05) is 0 Å². The molecule has 1 atom stereocenters. The van der Waals surface area contributed by atoms with Gasteiger partial charge in [-0.3, -0.25) is 9.59 Å². The van der Waals surface area contributed by atoms with Gasteiger partial charge in [0.15, 0.2) is 0 Å². The van der Waals surface area contributed by atoms with Crippen LogP contribution in [0.5, 0.6) is 0 Å². The van der Waals surface area contributed by atoms with Crippen LogP contribution in [0.25, 0.3) is 0 Å². The molecule has 3 rings (SSSR count). The third kappa shape index (κ3) is 5.77. The minimum atomic E-state index is -0.388. The normalized spacial score (nSPS) is 15.8. The summed E-state index contributed by atoms with van der Waals surface area (Å²) in [5, 5.41) is 5.47. The Kier molecular flexibility index (Phi) is 7.26. The van der Waals surface area contributed by atoms with Gasteiger partial charge >= 0.3 is 0 Å². The van der Waals surface area contributed by atoms with Crippen LogP contribution in [0.3, 0.4) is 0 Å². The molecule has 2 amide bonds. The fourth-order valence-electron chi connectivity index (χ4n) is 3.26. The second kappa shape index (κ2) is 9.69. The Balaban J connectivity index is 1.62. The monoisotopic (exact) mass is 482 g/mol. The van der Waals surface area contributed by atoms with Gasteiger partial charge in [0.25, 0.3) is 5.91 Å². The van der Waals surface area contributed by atoms with Crippen LogP contribution in [-0.4, -0.2) is 56.5 Å². The molecule has 9 heteroatoms. The zero-order valence-corrected chi connectivity index (χ0v) is 18.8. The number of anilines is 1. The number of hydrogen-bond acceptors (Lipinski definition) is 5. The highest BCUT2D eigenvalue weighted by molar-refractivity contribution is 9.11. The van der Waals surface area contributed by atoms with Crippen molar-refractivity contribution in [2.75, 3.05) is 44.7 Å². The lowest BCUT2D eigenvalue weighted by Gasteiger charge is -2.36. The molecule has 2 aromatic rings. The molecule has 156 valence electrons. The molecule has 1 aliphatic heterocycles. The number of nitrogens with one attached hydrogen (secondary N) is 2. The fourth-order valence-corrected chi connectivity index (χ4v) is 4.56. The first-order chi connectivity index (χ1) is 13.8. The van der Waals surface area contributed by atoms with Crippen LogP contribution in [0.2, 0.25) is 0 Å². The number of piperazine rings is 1. The average molecular weight is 483 g/mol. The van der Waals surface area contributed by atoms with Crippen molar-refractivity contribution in [2.24, 2.45) is 0 Å². The van der Waals surface area contributed by atoms with Crippen molar-refractivity contribution < 1.29 is 14.0 Å². The maximum absolute atomic E-state index is 13.9. The van der Waals surface area contributed by atoms with Crippen molar-refractivity contribution in [1.29, 1.82) is 0 Å². The molecule has 2 N–H and O–H groups in total. The van der Waals surface area contributed by atoms with E-state index >= 15 is 0 Å². The lowest BCUT2D eigenvalue weighted by Crippen LogP contribution is -2.45. The SMILES string of the molecule is CC(NC(=O)CNC(=O)c1ccc(Br)s1)c1cc(F)ccc1N1CCN(C)CC1. The largest absolute Gasteiger partial charge is 0.369 e. The van der Waals surface area contributed by atoms with Crippen LogP contribution < -0.4 is 15.5 Å². The van der Waals surface area contributed by atoms with Crippen molar-refractivity contribution in [1.82, 2.24) is 15.5 Å². The number of hydrogen-bond donors (Lipinski definition) is 2. The number of carbonyl (C=O) groups is 2. The summed E-state index contributed by atoms with van der Waals surface area (Å²) in [5.41, 5.74) is 1.66. The summed E-state index contributed by atoms with van der Waals surface area (Å²) in [7, 11) is 2.08. The molecule has 1 saturated heterocycles. The zero-order valence-electron chi connectivity index (χ0n) is 16.4. The molecule has 1 unspecified atom stereocenters. The molecule has 2 heterocycles. The van der Waals surface area contributed by atoms with Crippen molar-refractivity contribution >= 4 is 44.8 Å². The molecule has 1 fully saturated rings. The number of likely N-dealkylation sites (N-methyl/N-ethyl adjacent to an activating group) is 1. The summed E-state index contributed by atoms with van der Waals surface area (Å²) in [6, 6.07) is 7.78. The summed E-state index contributed by atoms with van der Waals surface area (Å²) in [6.45, 7) is 5.25. The number of amides is 2. The first-order valence-electron chi connectivity index (χ1n) is 9.39. The first kappa shape index (κ1) is 21.7. The Morgan fingerprint density at radius 1 is 1.21 bits per heavy atom. The van der Waals surface area contributed by atoms with Crippen LogP contribution in [-0.2, 0) is 4.79 Å². The van der Waals surface area contributed by atoms with Gasteiger partial charge in [0, 0.05) is 37.4 Å². The smallest absolute Gasteiger partial charge is 0.261 e. The molecule has 0 saturated carbocycles. The zero-order chi connectivity index (χ0) is 21.0. The second-order valence-corrected chi connectivity index (χ2v) is 9.53. The molecule has 29 heavy (non-hydrogen) atoms. The lowest BCUT2D eigenvalue weighted by atomic mass is 10.0. The van der Waals surface area contributed by atoms with Crippen LogP contribution in [0, 0.1) is 5.82 Å². The van der Waals surface area contributed by atoms with Gasteiger partial charge in [0.2, 0.25) is 5.91 Å². The number of halogens is 2. The minimum absolute atomic E-state index is 0.141. The molecule has 1 aliphatic rings. The Morgan fingerprint density at radius 2 is 1.93 bits per heavy atom. The molecule has 1 aromatic heterocycles.